The fraction of sp³-hybridized carbons (Fsp3) is 0.280. The molecule has 1 aliphatic carbocycles. The normalized spacial score (nSPS) is 23.9. The minimum atomic E-state index is 0.105. The van der Waals surface area contributed by atoms with Gasteiger partial charge in [-0.1, -0.05) is 107 Å². The average molecular weight is 421 g/mol. The minimum Gasteiger partial charge on any atom is -0.376 e. The molecule has 0 N–H and O–H groups in total. The van der Waals surface area contributed by atoms with Crippen LogP contribution in [0.3, 0.4) is 0 Å². The van der Waals surface area contributed by atoms with Gasteiger partial charge >= 0.3 is 0 Å². The van der Waals surface area contributed by atoms with E-state index in [2.05, 4.69) is 101 Å². The van der Waals surface area contributed by atoms with Crippen molar-refractivity contribution in [1.82, 2.24) is 0 Å². The summed E-state index contributed by atoms with van der Waals surface area (Å²) in [5, 5.41) is 0. The smallest absolute Gasteiger partial charge is 0.0717 e. The van der Waals surface area contributed by atoms with E-state index in [0.29, 0.717) is 6.61 Å². The number of alkyl halides is 1. The van der Waals surface area contributed by atoms with Crippen molar-refractivity contribution in [3.8, 4) is 0 Å². The van der Waals surface area contributed by atoms with Crippen molar-refractivity contribution in [3.63, 3.8) is 0 Å². The summed E-state index contributed by atoms with van der Waals surface area (Å²) in [6.07, 6.45) is 3.22. The Labute approximate surface area is 170 Å². The first kappa shape index (κ1) is 18.5. The Kier molecular flexibility index (Phi) is 5.47. The molecule has 0 amide bonds. The fourth-order valence-corrected chi connectivity index (χ4v) is 5.15. The first-order valence-electron chi connectivity index (χ1n) is 9.58. The molecule has 0 spiro atoms. The highest BCUT2D eigenvalue weighted by Crippen LogP contribution is 2.65. The largest absolute Gasteiger partial charge is 0.376 e. The van der Waals surface area contributed by atoms with Gasteiger partial charge < -0.3 is 4.74 Å². The van der Waals surface area contributed by atoms with Gasteiger partial charge in [-0.05, 0) is 36.0 Å². The molecule has 1 aliphatic rings. The second-order valence-corrected chi connectivity index (χ2v) is 9.24. The van der Waals surface area contributed by atoms with Crippen molar-refractivity contribution in [2.75, 3.05) is 6.61 Å². The van der Waals surface area contributed by atoms with Gasteiger partial charge in [-0.2, -0.15) is 0 Å². The van der Waals surface area contributed by atoms with Gasteiger partial charge in [0.25, 0.3) is 0 Å². The Balaban J connectivity index is 1.48. The van der Waals surface area contributed by atoms with Crippen molar-refractivity contribution >= 4 is 15.9 Å². The van der Waals surface area contributed by atoms with Crippen LogP contribution in [0.25, 0.3) is 0 Å². The van der Waals surface area contributed by atoms with E-state index in [4.69, 9.17) is 4.74 Å². The van der Waals surface area contributed by atoms with E-state index in [1.807, 2.05) is 6.07 Å². The maximum Gasteiger partial charge on any atom is 0.0717 e. The molecule has 0 saturated heterocycles. The zero-order valence-electron chi connectivity index (χ0n) is 15.5. The second-order valence-electron chi connectivity index (χ2n) is 7.73. The van der Waals surface area contributed by atoms with Crippen LogP contribution in [-0.2, 0) is 24.2 Å². The molecule has 3 aromatic rings. The lowest BCUT2D eigenvalue weighted by atomic mass is 9.92. The molecule has 3 aromatic carbocycles. The molecule has 27 heavy (non-hydrogen) atoms. The van der Waals surface area contributed by atoms with E-state index in [1.54, 1.807) is 0 Å². The maximum atomic E-state index is 6.22. The quantitative estimate of drug-likeness (QED) is 0.393. The van der Waals surface area contributed by atoms with Crippen LogP contribution in [0, 0.1) is 5.41 Å². The molecule has 0 heterocycles. The molecule has 0 aliphatic heterocycles. The maximum absolute atomic E-state index is 6.22. The summed E-state index contributed by atoms with van der Waals surface area (Å²) in [6, 6.07) is 32.0. The Bertz CT molecular complexity index is 849. The first-order valence-corrected chi connectivity index (χ1v) is 10.4. The monoisotopic (exact) mass is 420 g/mol. The molecule has 0 bridgehead atoms. The average Bonchev–Trinajstić information content (AvgIpc) is 3.26. The summed E-state index contributed by atoms with van der Waals surface area (Å²) in [7, 11) is 0. The molecule has 1 nitrogen and oxygen atoms in total. The van der Waals surface area contributed by atoms with E-state index < -0.39 is 0 Å². The third-order valence-electron chi connectivity index (χ3n) is 5.65. The highest BCUT2D eigenvalue weighted by molar-refractivity contribution is 9.10. The van der Waals surface area contributed by atoms with E-state index in [-0.39, 0.29) is 9.74 Å². The third kappa shape index (κ3) is 4.34. The molecule has 1 saturated carbocycles. The Morgan fingerprint density at radius 2 is 1.15 bits per heavy atom. The number of rotatable bonds is 8. The third-order valence-corrected chi connectivity index (χ3v) is 7.05. The molecule has 2 atom stereocenters. The van der Waals surface area contributed by atoms with Crippen LogP contribution >= 0.6 is 15.9 Å². The van der Waals surface area contributed by atoms with Crippen molar-refractivity contribution in [2.45, 2.75) is 30.2 Å². The van der Waals surface area contributed by atoms with Crippen LogP contribution in [0.4, 0.5) is 0 Å². The van der Waals surface area contributed by atoms with Gasteiger partial charge in [0.15, 0.2) is 0 Å². The SMILES string of the molecule is BrC1(Cc2ccccc2)CC1(COCc1ccccc1)Cc1ccccc1. The number of ether oxygens (including phenoxy) is 1. The lowest BCUT2D eigenvalue weighted by Crippen LogP contribution is -2.25. The van der Waals surface area contributed by atoms with Crippen molar-refractivity contribution in [2.24, 2.45) is 5.41 Å². The number of benzene rings is 3. The van der Waals surface area contributed by atoms with Crippen molar-refractivity contribution in [3.05, 3.63) is 108 Å². The number of hydrogen-bond donors (Lipinski definition) is 0. The lowest BCUT2D eigenvalue weighted by Gasteiger charge is -2.23. The van der Waals surface area contributed by atoms with Gasteiger partial charge in [-0.3, -0.25) is 0 Å². The zero-order valence-corrected chi connectivity index (χ0v) is 17.1. The van der Waals surface area contributed by atoms with E-state index in [0.717, 1.165) is 25.9 Å². The molecular weight excluding hydrogens is 396 g/mol. The Morgan fingerprint density at radius 3 is 1.70 bits per heavy atom. The predicted octanol–water partition coefficient (Wildman–Crippen LogP) is 6.21. The van der Waals surface area contributed by atoms with Gasteiger partial charge in [-0.25, -0.2) is 0 Å². The fourth-order valence-electron chi connectivity index (χ4n) is 4.04. The molecule has 2 heteroatoms. The summed E-state index contributed by atoms with van der Waals surface area (Å²) >= 11 is 4.11. The molecule has 2 unspecified atom stereocenters. The minimum absolute atomic E-state index is 0.105. The highest BCUT2D eigenvalue weighted by Gasteiger charge is 2.65. The highest BCUT2D eigenvalue weighted by atomic mass is 79.9. The Morgan fingerprint density at radius 1 is 0.667 bits per heavy atom. The molecule has 0 radical (unpaired) electrons. The van der Waals surface area contributed by atoms with Crippen LogP contribution in [0.15, 0.2) is 91.0 Å². The first-order chi connectivity index (χ1) is 13.2. The van der Waals surface area contributed by atoms with Gasteiger partial charge in [0.1, 0.15) is 0 Å². The topological polar surface area (TPSA) is 9.23 Å². The van der Waals surface area contributed by atoms with Crippen molar-refractivity contribution < 1.29 is 4.74 Å². The van der Waals surface area contributed by atoms with Crippen LogP contribution in [-0.4, -0.2) is 10.9 Å². The summed E-state index contributed by atoms with van der Waals surface area (Å²) < 4.78 is 6.33. The van der Waals surface area contributed by atoms with Gasteiger partial charge in [-0.15, -0.1) is 0 Å². The molecule has 4 rings (SSSR count). The number of halogens is 1. The van der Waals surface area contributed by atoms with Crippen LogP contribution in [0.5, 0.6) is 0 Å². The van der Waals surface area contributed by atoms with Crippen LogP contribution < -0.4 is 0 Å². The van der Waals surface area contributed by atoms with Gasteiger partial charge in [0.2, 0.25) is 0 Å². The predicted molar refractivity (Wildman–Crippen MR) is 115 cm³/mol. The van der Waals surface area contributed by atoms with Gasteiger partial charge in [0.05, 0.1) is 13.2 Å². The summed E-state index contributed by atoms with van der Waals surface area (Å²) in [5.74, 6) is 0. The second kappa shape index (κ2) is 8.00. The standard InChI is InChI=1S/C25H25BrO/c26-25(17-22-12-6-2-7-13-22)19-24(25,16-21-10-4-1-5-11-21)20-27-18-23-14-8-3-9-15-23/h1-15H,16-20H2. The molecule has 0 aromatic heterocycles. The number of hydrogen-bond acceptors (Lipinski definition) is 1. The van der Waals surface area contributed by atoms with Crippen LogP contribution in [0.1, 0.15) is 23.1 Å². The molecule has 1 fully saturated rings. The summed E-state index contributed by atoms with van der Waals surface area (Å²) in [6.45, 7) is 1.45. The van der Waals surface area contributed by atoms with E-state index >= 15 is 0 Å². The molecule has 138 valence electrons. The zero-order chi connectivity index (χ0) is 18.6. The molecular formula is C25H25BrO. The van der Waals surface area contributed by atoms with E-state index in [9.17, 15) is 0 Å². The lowest BCUT2D eigenvalue weighted by molar-refractivity contribution is 0.0744. The van der Waals surface area contributed by atoms with Gasteiger partial charge in [0, 0.05) is 9.74 Å². The summed E-state index contributed by atoms with van der Waals surface area (Å²) in [5.41, 5.74) is 4.14. The van der Waals surface area contributed by atoms with E-state index in [1.165, 1.54) is 16.7 Å². The Hall–Kier alpha value is -1.90. The van der Waals surface area contributed by atoms with Crippen molar-refractivity contribution in [1.29, 1.82) is 0 Å². The van der Waals surface area contributed by atoms with Crippen LogP contribution in [0.2, 0.25) is 0 Å². The summed E-state index contributed by atoms with van der Waals surface area (Å²) in [4.78, 5) is 0.